The molecule has 0 aromatic carbocycles. The molecule has 0 fully saturated rings. The lowest BCUT2D eigenvalue weighted by Crippen LogP contribution is -2.48. The normalized spacial score (nSPS) is 14.6. The van der Waals surface area contributed by atoms with E-state index in [4.69, 9.17) is 14.6 Å². The number of hydrazine groups is 1. The Labute approximate surface area is 148 Å². The zero-order valence-electron chi connectivity index (χ0n) is 14.0. The highest BCUT2D eigenvalue weighted by molar-refractivity contribution is 7.87. The van der Waals surface area contributed by atoms with Crippen molar-refractivity contribution in [3.8, 4) is 11.8 Å². The summed E-state index contributed by atoms with van der Waals surface area (Å²) in [4.78, 5) is 30.6. The second kappa shape index (κ2) is 7.40. The number of amides is 2. The van der Waals surface area contributed by atoms with Gasteiger partial charge in [-0.1, -0.05) is 4.41 Å². The number of carbonyl (C=O) groups excluding carboxylic acids is 1. The van der Waals surface area contributed by atoms with Crippen molar-refractivity contribution in [2.75, 3.05) is 33.1 Å². The van der Waals surface area contributed by atoms with Crippen LogP contribution in [0.2, 0.25) is 0 Å². The fourth-order valence-electron chi connectivity index (χ4n) is 1.93. The van der Waals surface area contributed by atoms with Gasteiger partial charge in [-0.15, -0.1) is 0 Å². The molecule has 14 heteroatoms. The number of nitrogens with one attached hydrogen (secondary N) is 2. The van der Waals surface area contributed by atoms with Crippen molar-refractivity contribution in [3.63, 3.8) is 0 Å². The van der Waals surface area contributed by atoms with Crippen LogP contribution in [0.3, 0.4) is 0 Å². The molecule has 0 radical (unpaired) electrons. The first-order valence-corrected chi connectivity index (χ1v) is 8.35. The van der Waals surface area contributed by atoms with Gasteiger partial charge < -0.3 is 19.6 Å². The van der Waals surface area contributed by atoms with Gasteiger partial charge in [0.05, 0.1) is 32.4 Å². The van der Waals surface area contributed by atoms with Crippen molar-refractivity contribution >= 4 is 28.2 Å². The van der Waals surface area contributed by atoms with Gasteiger partial charge in [-0.05, 0) is 0 Å². The number of carboxylic acid groups (broad SMARTS) is 1. The van der Waals surface area contributed by atoms with Crippen LogP contribution in [-0.2, 0) is 15.0 Å². The van der Waals surface area contributed by atoms with Crippen molar-refractivity contribution in [2.24, 2.45) is 0 Å². The van der Waals surface area contributed by atoms with Gasteiger partial charge in [-0.25, -0.2) is 14.3 Å². The zero-order valence-corrected chi connectivity index (χ0v) is 14.8. The topological polar surface area (TPSA) is 163 Å². The van der Waals surface area contributed by atoms with Gasteiger partial charge in [-0.2, -0.15) is 18.4 Å². The molecule has 0 spiro atoms. The van der Waals surface area contributed by atoms with Gasteiger partial charge in [0.15, 0.2) is 0 Å². The predicted molar refractivity (Wildman–Crippen MR) is 86.4 cm³/mol. The first-order valence-electron chi connectivity index (χ1n) is 6.91. The van der Waals surface area contributed by atoms with Crippen molar-refractivity contribution in [1.29, 1.82) is 0 Å². The molecule has 13 nitrogen and oxygen atoms in total. The Kier molecular flexibility index (Phi) is 5.47. The summed E-state index contributed by atoms with van der Waals surface area (Å²) in [5.74, 6) is -1.35. The number of urea groups is 1. The number of nitrogens with zero attached hydrogens (tertiary/aromatic N) is 4. The van der Waals surface area contributed by atoms with Crippen molar-refractivity contribution in [1.82, 2.24) is 24.1 Å². The number of methoxy groups -OCH3 is 2. The Hall–Kier alpha value is -3.13. The molecule has 0 unspecified atom stereocenters. The number of aliphatic carboxylic acids is 1. The quantitative estimate of drug-likeness (QED) is 0.550. The smallest absolute Gasteiger partial charge is 0.336 e. The molecule has 0 saturated carbocycles. The number of carboxylic acids is 1. The molecule has 1 aliphatic heterocycles. The van der Waals surface area contributed by atoms with E-state index in [1.165, 1.54) is 27.3 Å². The third-order valence-electron chi connectivity index (χ3n) is 3.10. The number of anilines is 1. The van der Waals surface area contributed by atoms with Crippen LogP contribution in [0, 0.1) is 0 Å². The summed E-state index contributed by atoms with van der Waals surface area (Å²) >= 11 is 0. The number of ether oxygens (including phenoxy) is 2. The maximum absolute atomic E-state index is 12.3. The maximum atomic E-state index is 12.3. The van der Waals surface area contributed by atoms with Crippen LogP contribution >= 0.6 is 0 Å². The minimum atomic E-state index is -4.36. The Morgan fingerprint density at radius 2 is 1.81 bits per heavy atom. The highest BCUT2D eigenvalue weighted by Gasteiger charge is 2.34. The van der Waals surface area contributed by atoms with E-state index in [9.17, 15) is 18.0 Å². The van der Waals surface area contributed by atoms with E-state index in [2.05, 4.69) is 15.3 Å². The van der Waals surface area contributed by atoms with Gasteiger partial charge in [0.25, 0.3) is 0 Å². The molecule has 2 heterocycles. The van der Waals surface area contributed by atoms with Crippen LogP contribution < -0.4 is 19.5 Å². The van der Waals surface area contributed by atoms with Crippen LogP contribution in [-0.4, -0.2) is 72.7 Å². The van der Waals surface area contributed by atoms with Gasteiger partial charge in [0.2, 0.25) is 17.7 Å². The monoisotopic (exact) mass is 388 g/mol. The van der Waals surface area contributed by atoms with Gasteiger partial charge in [-0.3, -0.25) is 5.32 Å². The number of carbonyl (C=O) groups is 2. The number of hydrogen-bond acceptors (Lipinski definition) is 9. The Morgan fingerprint density at radius 3 is 2.27 bits per heavy atom. The fraction of sp³-hybridized carbons (Fsp3) is 0.333. The standard InChI is InChI=1S/C12H16N6O7S/c1-17-5-7(10(19)20)6-18(17)26(22,23)16-12(21)15-11-13-8(24-2)4-9(14-11)25-3/h4-5H,6H2,1-3H3,(H,19,20)(H2,13,14,15,16,21). The van der Waals surface area contributed by atoms with E-state index < -0.39 is 28.8 Å². The summed E-state index contributed by atoms with van der Waals surface area (Å²) in [5.41, 5.74) is -0.154. The largest absolute Gasteiger partial charge is 0.481 e. The fourth-order valence-corrected chi connectivity index (χ4v) is 3.02. The lowest BCUT2D eigenvalue weighted by Gasteiger charge is -2.24. The highest BCUT2D eigenvalue weighted by Crippen LogP contribution is 2.18. The van der Waals surface area contributed by atoms with Gasteiger partial charge in [0, 0.05) is 13.2 Å². The van der Waals surface area contributed by atoms with E-state index in [1.807, 2.05) is 0 Å². The second-order valence-electron chi connectivity index (χ2n) is 4.85. The SMILES string of the molecule is COc1cc(OC)nc(NC(=O)NS(=O)(=O)N2CC(C(=O)O)=CN2C)n1. The average Bonchev–Trinajstić information content (AvgIpc) is 2.96. The minimum absolute atomic E-state index is 0.0876. The summed E-state index contributed by atoms with van der Waals surface area (Å²) in [5, 5.41) is 12.1. The van der Waals surface area contributed by atoms with Crippen molar-refractivity contribution < 1.29 is 32.6 Å². The lowest BCUT2D eigenvalue weighted by atomic mass is 10.3. The van der Waals surface area contributed by atoms with Crippen LogP contribution in [0.25, 0.3) is 0 Å². The first-order chi connectivity index (χ1) is 12.2. The second-order valence-corrected chi connectivity index (χ2v) is 6.43. The van der Waals surface area contributed by atoms with Crippen LogP contribution in [0.5, 0.6) is 11.8 Å². The number of aromatic nitrogens is 2. The molecule has 2 amide bonds. The molecular formula is C12H16N6O7S. The Balaban J connectivity index is 2.09. The zero-order chi connectivity index (χ0) is 19.5. The molecule has 1 aromatic heterocycles. The molecule has 0 bridgehead atoms. The van der Waals surface area contributed by atoms with E-state index in [-0.39, 0.29) is 23.3 Å². The van der Waals surface area contributed by atoms with E-state index >= 15 is 0 Å². The lowest BCUT2D eigenvalue weighted by molar-refractivity contribution is -0.132. The molecule has 3 N–H and O–H groups in total. The van der Waals surface area contributed by atoms with Crippen LogP contribution in [0.1, 0.15) is 0 Å². The van der Waals surface area contributed by atoms with Crippen molar-refractivity contribution in [3.05, 3.63) is 17.8 Å². The molecule has 26 heavy (non-hydrogen) atoms. The summed E-state index contributed by atoms with van der Waals surface area (Å²) in [6.07, 6.45) is 1.12. The Morgan fingerprint density at radius 1 is 1.23 bits per heavy atom. The summed E-state index contributed by atoms with van der Waals surface area (Å²) < 4.78 is 36.7. The van der Waals surface area contributed by atoms with Crippen LogP contribution in [0.4, 0.5) is 10.7 Å². The third kappa shape index (κ3) is 4.28. The molecule has 1 aromatic rings. The van der Waals surface area contributed by atoms with E-state index in [1.54, 1.807) is 4.72 Å². The molecule has 142 valence electrons. The summed E-state index contributed by atoms with van der Waals surface area (Å²) in [6, 6.07) is 0.204. The summed E-state index contributed by atoms with van der Waals surface area (Å²) in [6.45, 7) is -0.433. The Bertz CT molecular complexity index is 833. The molecule has 0 saturated heterocycles. The molecule has 2 rings (SSSR count). The number of rotatable bonds is 6. The molecule has 1 aliphatic rings. The highest BCUT2D eigenvalue weighted by atomic mass is 32.2. The maximum Gasteiger partial charge on any atom is 0.336 e. The molecular weight excluding hydrogens is 372 g/mol. The van der Waals surface area contributed by atoms with Crippen LogP contribution in [0.15, 0.2) is 17.8 Å². The average molecular weight is 388 g/mol. The summed E-state index contributed by atoms with van der Waals surface area (Å²) in [7, 11) is -0.361. The minimum Gasteiger partial charge on any atom is -0.481 e. The van der Waals surface area contributed by atoms with E-state index in [0.717, 1.165) is 11.2 Å². The first kappa shape index (κ1) is 19.2. The molecule has 0 aliphatic carbocycles. The predicted octanol–water partition coefficient (Wildman–Crippen LogP) is -1.01. The number of hydrogen-bond donors (Lipinski definition) is 3. The van der Waals surface area contributed by atoms with Gasteiger partial charge in [0.1, 0.15) is 0 Å². The van der Waals surface area contributed by atoms with E-state index in [0.29, 0.717) is 4.41 Å². The van der Waals surface area contributed by atoms with Crippen molar-refractivity contribution in [2.45, 2.75) is 0 Å². The molecule has 0 atom stereocenters. The van der Waals surface area contributed by atoms with Gasteiger partial charge >= 0.3 is 22.2 Å². The third-order valence-corrected chi connectivity index (χ3v) is 4.48.